The molecule has 1 fully saturated rings. The van der Waals surface area contributed by atoms with E-state index in [1.165, 1.54) is 13.0 Å². The number of likely N-dealkylation sites (N-methyl/N-ethyl adjacent to an activating group) is 1. The number of nitrogens with zero attached hydrogens (tertiary/aromatic N) is 3. The summed E-state index contributed by atoms with van der Waals surface area (Å²) in [6.07, 6.45) is -0.297. The van der Waals surface area contributed by atoms with Crippen molar-refractivity contribution in [2.24, 2.45) is 5.41 Å². The first-order chi connectivity index (χ1) is 13.8. The van der Waals surface area contributed by atoms with Crippen molar-refractivity contribution in [3.63, 3.8) is 0 Å². The molecule has 0 aromatic heterocycles. The van der Waals surface area contributed by atoms with Gasteiger partial charge in [0.2, 0.25) is 0 Å². The normalized spacial score (nSPS) is 25.9. The number of hydrogen-bond donors (Lipinski definition) is 0. The van der Waals surface area contributed by atoms with Crippen LogP contribution in [0.2, 0.25) is 0 Å². The molecule has 158 valence electrons. The maximum atomic E-state index is 13.7. The van der Waals surface area contributed by atoms with Gasteiger partial charge in [-0.1, -0.05) is 30.0 Å². The van der Waals surface area contributed by atoms with Crippen LogP contribution in [-0.4, -0.2) is 62.3 Å². The molecule has 1 aliphatic carbocycles. The molecule has 1 unspecified atom stereocenters. The average Bonchev–Trinajstić information content (AvgIpc) is 2.68. The molecule has 0 radical (unpaired) electrons. The van der Waals surface area contributed by atoms with E-state index in [0.717, 1.165) is 66.9 Å². The fraction of sp³-hybridized carbons (Fsp3) is 0.545. The summed E-state index contributed by atoms with van der Waals surface area (Å²) < 4.78 is 41.2. The van der Waals surface area contributed by atoms with E-state index >= 15 is 0 Å². The van der Waals surface area contributed by atoms with Crippen LogP contribution in [-0.2, 0) is 0 Å². The van der Waals surface area contributed by atoms with Crippen LogP contribution in [0.15, 0.2) is 51.9 Å². The van der Waals surface area contributed by atoms with Gasteiger partial charge in [-0.25, -0.2) is 0 Å². The van der Waals surface area contributed by atoms with Crippen molar-refractivity contribution in [1.29, 1.82) is 0 Å². The maximum Gasteiger partial charge on any atom is 0.397 e. The molecule has 3 nitrogen and oxygen atoms in total. The molecular weight excluding hydrogens is 395 g/mol. The Balaban J connectivity index is 1.53. The minimum absolute atomic E-state index is 0.00181. The summed E-state index contributed by atoms with van der Waals surface area (Å²) in [7, 11) is 2.14. The minimum Gasteiger partial charge on any atom is -0.343 e. The number of allylic oxidation sites excluding steroid dienone is 3. The Hall–Kier alpha value is -1.44. The molecule has 3 aliphatic rings. The molecule has 0 spiro atoms. The number of halogens is 3. The fourth-order valence-electron chi connectivity index (χ4n) is 4.18. The number of piperazine rings is 1. The Labute approximate surface area is 175 Å². The van der Waals surface area contributed by atoms with E-state index < -0.39 is 11.6 Å². The highest BCUT2D eigenvalue weighted by atomic mass is 32.2. The zero-order chi connectivity index (χ0) is 20.6. The van der Waals surface area contributed by atoms with Gasteiger partial charge in [-0.2, -0.15) is 13.2 Å². The van der Waals surface area contributed by atoms with Gasteiger partial charge >= 0.3 is 6.18 Å². The van der Waals surface area contributed by atoms with Crippen LogP contribution in [0.5, 0.6) is 0 Å². The predicted octanol–water partition coefficient (Wildman–Crippen LogP) is 4.98. The molecule has 1 aromatic rings. The number of alkyl halides is 3. The van der Waals surface area contributed by atoms with Crippen LogP contribution in [0, 0.1) is 5.41 Å². The summed E-state index contributed by atoms with van der Waals surface area (Å²) in [5.41, 5.74) is 0.0397. The minimum atomic E-state index is -4.25. The second-order valence-electron chi connectivity index (χ2n) is 8.46. The molecule has 2 aliphatic heterocycles. The molecule has 1 aromatic carbocycles. The van der Waals surface area contributed by atoms with E-state index in [9.17, 15) is 13.2 Å². The molecule has 0 saturated carbocycles. The van der Waals surface area contributed by atoms with Crippen molar-refractivity contribution >= 4 is 17.4 Å². The number of thioether (sulfide) groups is 1. The molecule has 29 heavy (non-hydrogen) atoms. The Morgan fingerprint density at radius 2 is 1.79 bits per heavy atom. The van der Waals surface area contributed by atoms with E-state index in [2.05, 4.69) is 27.8 Å². The zero-order valence-electron chi connectivity index (χ0n) is 17.0. The average molecular weight is 424 g/mol. The van der Waals surface area contributed by atoms with E-state index in [-0.39, 0.29) is 6.42 Å². The Morgan fingerprint density at radius 3 is 2.52 bits per heavy atom. The number of hydrogen-bond acceptors (Lipinski definition) is 4. The molecule has 0 bridgehead atoms. The molecular formula is C22H28F3N3S. The topological polar surface area (TPSA) is 9.72 Å². The summed E-state index contributed by atoms with van der Waals surface area (Å²) in [6.45, 7) is 7.30. The van der Waals surface area contributed by atoms with Crippen LogP contribution in [0.1, 0.15) is 19.8 Å². The SMILES string of the molecule is CN1CCN(CCCN2C3=C(C=CC(C)(C(F)(F)F)C3)Sc3ccccc32)CC1. The second kappa shape index (κ2) is 8.00. The van der Waals surface area contributed by atoms with Crippen molar-refractivity contribution in [2.75, 3.05) is 51.2 Å². The van der Waals surface area contributed by atoms with Crippen LogP contribution >= 0.6 is 11.8 Å². The van der Waals surface area contributed by atoms with Gasteiger partial charge in [-0.15, -0.1) is 0 Å². The monoisotopic (exact) mass is 423 g/mol. The van der Waals surface area contributed by atoms with Gasteiger partial charge in [0.1, 0.15) is 0 Å². The van der Waals surface area contributed by atoms with Crippen molar-refractivity contribution in [3.8, 4) is 0 Å². The summed E-state index contributed by atoms with van der Waals surface area (Å²) in [4.78, 5) is 9.00. The summed E-state index contributed by atoms with van der Waals surface area (Å²) in [6, 6.07) is 8.06. The number of fused-ring (bicyclic) bond motifs is 1. The van der Waals surface area contributed by atoms with E-state index in [1.807, 2.05) is 18.2 Å². The number of rotatable bonds is 4. The van der Waals surface area contributed by atoms with Crippen LogP contribution < -0.4 is 4.90 Å². The lowest BCUT2D eigenvalue weighted by Gasteiger charge is -2.41. The van der Waals surface area contributed by atoms with Gasteiger partial charge in [-0.05, 0) is 45.1 Å². The Bertz CT molecular complexity index is 812. The van der Waals surface area contributed by atoms with E-state index in [4.69, 9.17) is 0 Å². The van der Waals surface area contributed by atoms with Crippen molar-refractivity contribution < 1.29 is 13.2 Å². The molecule has 1 atom stereocenters. The standard InChI is InChI=1S/C22H28F3N3S/c1-21(22(23,24)25)9-8-20-18(16-21)28(17-6-3-4-7-19(17)29-20)11-5-10-27-14-12-26(2)13-15-27/h3-4,6-9H,5,10-16H2,1-2H3. The van der Waals surface area contributed by atoms with Gasteiger partial charge in [0.25, 0.3) is 0 Å². The molecule has 7 heteroatoms. The van der Waals surface area contributed by atoms with Crippen molar-refractivity contribution in [2.45, 2.75) is 30.8 Å². The third-order valence-corrected chi connectivity index (χ3v) is 7.38. The first-order valence-electron chi connectivity index (χ1n) is 10.2. The largest absolute Gasteiger partial charge is 0.397 e. The predicted molar refractivity (Wildman–Crippen MR) is 113 cm³/mol. The first-order valence-corrected chi connectivity index (χ1v) is 11.0. The summed E-state index contributed by atoms with van der Waals surface area (Å²) in [5, 5.41) is 0. The van der Waals surface area contributed by atoms with Gasteiger partial charge in [-0.3, -0.25) is 0 Å². The number of anilines is 1. The Kier molecular flexibility index (Phi) is 5.75. The number of benzene rings is 1. The van der Waals surface area contributed by atoms with Crippen molar-refractivity contribution in [1.82, 2.24) is 9.80 Å². The maximum absolute atomic E-state index is 13.7. The van der Waals surface area contributed by atoms with Gasteiger partial charge in [0, 0.05) is 54.6 Å². The smallest absolute Gasteiger partial charge is 0.343 e. The molecule has 1 saturated heterocycles. The lowest BCUT2D eigenvalue weighted by Crippen LogP contribution is -2.45. The zero-order valence-corrected chi connectivity index (χ0v) is 17.8. The van der Waals surface area contributed by atoms with Crippen LogP contribution in [0.4, 0.5) is 18.9 Å². The van der Waals surface area contributed by atoms with Crippen molar-refractivity contribution in [3.05, 3.63) is 47.0 Å². The second-order valence-corrected chi connectivity index (χ2v) is 9.54. The van der Waals surface area contributed by atoms with Crippen LogP contribution in [0.3, 0.4) is 0 Å². The molecule has 0 amide bonds. The van der Waals surface area contributed by atoms with Crippen LogP contribution in [0.25, 0.3) is 0 Å². The van der Waals surface area contributed by atoms with Gasteiger partial charge < -0.3 is 14.7 Å². The third-order valence-electron chi connectivity index (χ3n) is 6.22. The lowest BCUT2D eigenvalue weighted by molar-refractivity contribution is -0.199. The van der Waals surface area contributed by atoms with Gasteiger partial charge in [0.15, 0.2) is 0 Å². The summed E-state index contributed by atoms with van der Waals surface area (Å²) >= 11 is 1.59. The number of para-hydroxylation sites is 1. The highest BCUT2D eigenvalue weighted by Gasteiger charge is 2.51. The Morgan fingerprint density at radius 1 is 1.07 bits per heavy atom. The fourth-order valence-corrected chi connectivity index (χ4v) is 5.28. The first kappa shape index (κ1) is 20.8. The lowest BCUT2D eigenvalue weighted by atomic mass is 9.81. The summed E-state index contributed by atoms with van der Waals surface area (Å²) in [5.74, 6) is 0. The molecule has 0 N–H and O–H groups in total. The quantitative estimate of drug-likeness (QED) is 0.676. The van der Waals surface area contributed by atoms with E-state index in [1.54, 1.807) is 17.8 Å². The van der Waals surface area contributed by atoms with Gasteiger partial charge in [0.05, 0.1) is 11.1 Å². The third kappa shape index (κ3) is 4.23. The highest BCUT2D eigenvalue weighted by molar-refractivity contribution is 8.03. The molecule has 4 rings (SSSR count). The van der Waals surface area contributed by atoms with E-state index in [0.29, 0.717) is 0 Å². The molecule has 2 heterocycles. The highest BCUT2D eigenvalue weighted by Crippen LogP contribution is 2.53.